The third-order valence-corrected chi connectivity index (χ3v) is 6.23. The van der Waals surface area contributed by atoms with E-state index in [4.69, 9.17) is 4.98 Å². The lowest BCUT2D eigenvalue weighted by atomic mass is 9.98. The zero-order chi connectivity index (χ0) is 25.1. The highest BCUT2D eigenvalue weighted by molar-refractivity contribution is 5.80. The second-order valence-corrected chi connectivity index (χ2v) is 9.12. The number of aromatic amines is 1. The molecule has 5 aromatic rings. The normalized spacial score (nSPS) is 11.4. The summed E-state index contributed by atoms with van der Waals surface area (Å²) in [6.45, 7) is 6.66. The van der Waals surface area contributed by atoms with Gasteiger partial charge in [-0.3, -0.25) is 9.36 Å². The van der Waals surface area contributed by atoms with Gasteiger partial charge in [-0.2, -0.15) is 5.21 Å². The van der Waals surface area contributed by atoms with E-state index < -0.39 is 0 Å². The smallest absolute Gasteiger partial charge is 0.282 e. The highest BCUT2D eigenvalue weighted by atomic mass is 16.1. The van der Waals surface area contributed by atoms with Crippen molar-refractivity contribution >= 4 is 11.2 Å². The highest BCUT2D eigenvalue weighted by Gasteiger charge is 2.16. The third-order valence-electron chi connectivity index (χ3n) is 6.23. The largest absolute Gasteiger partial charge is 0.290 e. The van der Waals surface area contributed by atoms with Crippen LogP contribution >= 0.6 is 0 Å². The van der Waals surface area contributed by atoms with Crippen molar-refractivity contribution < 1.29 is 0 Å². The van der Waals surface area contributed by atoms with Crippen molar-refractivity contribution in [3.8, 4) is 22.5 Å². The van der Waals surface area contributed by atoms with E-state index in [1.54, 1.807) is 10.8 Å². The van der Waals surface area contributed by atoms with E-state index in [0.29, 0.717) is 30.0 Å². The number of nitrogens with one attached hydrogen (secondary N) is 1. The quantitative estimate of drug-likeness (QED) is 0.346. The van der Waals surface area contributed by atoms with Crippen molar-refractivity contribution in [2.24, 2.45) is 0 Å². The molecule has 0 saturated carbocycles. The summed E-state index contributed by atoms with van der Waals surface area (Å²) in [5.74, 6) is 1.51. The number of rotatable bonds is 8. The summed E-state index contributed by atoms with van der Waals surface area (Å²) in [6, 6.07) is 16.1. The van der Waals surface area contributed by atoms with E-state index in [9.17, 15) is 4.79 Å². The van der Waals surface area contributed by atoms with E-state index in [1.807, 2.05) is 48.5 Å². The average molecular weight is 481 g/mol. The summed E-state index contributed by atoms with van der Waals surface area (Å²) >= 11 is 0. The van der Waals surface area contributed by atoms with Gasteiger partial charge in [0, 0.05) is 18.2 Å². The van der Waals surface area contributed by atoms with Gasteiger partial charge in [0.25, 0.3) is 5.56 Å². The summed E-state index contributed by atoms with van der Waals surface area (Å²) in [4.78, 5) is 27.3. The maximum absolute atomic E-state index is 13.5. The van der Waals surface area contributed by atoms with Gasteiger partial charge >= 0.3 is 0 Å². The first kappa shape index (κ1) is 23.5. The van der Waals surface area contributed by atoms with Crippen LogP contribution in [-0.4, -0.2) is 40.1 Å². The topological polar surface area (TPSA) is 115 Å². The first-order valence-electron chi connectivity index (χ1n) is 12.2. The van der Waals surface area contributed by atoms with E-state index >= 15 is 0 Å². The summed E-state index contributed by atoms with van der Waals surface area (Å²) in [6.07, 6.45) is 4.36. The molecule has 0 aliphatic heterocycles. The third kappa shape index (κ3) is 4.64. The van der Waals surface area contributed by atoms with Gasteiger partial charge in [0.1, 0.15) is 5.82 Å². The standard InChI is InChI=1S/C27H28N8O/c1-4-5-10-23-30-26-24(28-15-22(29-26)17(2)3)27(36)35(23)16-18-11-13-19(14-12-18)20-8-6-7-9-21(20)25-31-33-34-32-25/h6-9,11-15,17H,4-5,10,16H2,1-3H3,(H,31,32,33,34). The molecule has 5 rings (SSSR count). The Bertz CT molecular complexity index is 1540. The SMILES string of the molecule is CCCCc1nc2nc(C(C)C)cnc2c(=O)n1Cc1ccc(-c2ccccc2-c2nn[nH]n2)cc1. The Kier molecular flexibility index (Phi) is 6.62. The van der Waals surface area contributed by atoms with Crippen LogP contribution in [0.3, 0.4) is 0 Å². The summed E-state index contributed by atoms with van der Waals surface area (Å²) in [5, 5.41) is 14.4. The first-order chi connectivity index (χ1) is 17.5. The number of fused-ring (bicyclic) bond motifs is 1. The Hall–Kier alpha value is -4.27. The van der Waals surface area contributed by atoms with Crippen LogP contribution in [0.4, 0.5) is 0 Å². The molecule has 2 aromatic carbocycles. The summed E-state index contributed by atoms with van der Waals surface area (Å²) in [7, 11) is 0. The second kappa shape index (κ2) is 10.2. The van der Waals surface area contributed by atoms with Gasteiger partial charge in [-0.15, -0.1) is 10.2 Å². The van der Waals surface area contributed by atoms with Gasteiger partial charge in [-0.05, 0) is 34.2 Å². The van der Waals surface area contributed by atoms with Crippen LogP contribution in [0, 0.1) is 0 Å². The molecule has 0 saturated heterocycles. The first-order valence-corrected chi connectivity index (χ1v) is 12.2. The maximum Gasteiger partial charge on any atom is 0.282 e. The number of benzene rings is 2. The van der Waals surface area contributed by atoms with Crippen molar-refractivity contribution in [1.29, 1.82) is 0 Å². The lowest BCUT2D eigenvalue weighted by Gasteiger charge is -2.14. The van der Waals surface area contributed by atoms with Crippen LogP contribution in [0.2, 0.25) is 0 Å². The van der Waals surface area contributed by atoms with Gasteiger partial charge in [-0.25, -0.2) is 15.0 Å². The summed E-state index contributed by atoms with van der Waals surface area (Å²) < 4.78 is 1.74. The molecule has 0 bridgehead atoms. The molecule has 0 aliphatic rings. The number of aromatic nitrogens is 8. The fourth-order valence-corrected chi connectivity index (χ4v) is 4.19. The molecule has 0 fully saturated rings. The number of nitrogens with zero attached hydrogens (tertiary/aromatic N) is 7. The van der Waals surface area contributed by atoms with Crippen molar-refractivity contribution in [3.05, 3.63) is 82.2 Å². The number of hydrogen-bond acceptors (Lipinski definition) is 7. The average Bonchev–Trinajstić information content (AvgIpc) is 3.44. The predicted octanol–water partition coefficient (Wildman–Crippen LogP) is 4.55. The number of aryl methyl sites for hydroxylation is 1. The zero-order valence-corrected chi connectivity index (χ0v) is 20.6. The van der Waals surface area contributed by atoms with Crippen molar-refractivity contribution in [2.45, 2.75) is 52.5 Å². The van der Waals surface area contributed by atoms with Crippen LogP contribution < -0.4 is 5.56 Å². The highest BCUT2D eigenvalue weighted by Crippen LogP contribution is 2.29. The summed E-state index contributed by atoms with van der Waals surface area (Å²) in [5.41, 5.74) is 5.37. The number of H-pyrrole nitrogens is 1. The van der Waals surface area contributed by atoms with Crippen LogP contribution in [0.15, 0.2) is 59.5 Å². The molecule has 0 aliphatic carbocycles. The molecule has 9 heteroatoms. The molecule has 182 valence electrons. The fourth-order valence-electron chi connectivity index (χ4n) is 4.19. The van der Waals surface area contributed by atoms with Crippen molar-refractivity contribution in [2.75, 3.05) is 0 Å². The zero-order valence-electron chi connectivity index (χ0n) is 20.6. The van der Waals surface area contributed by atoms with E-state index in [2.05, 4.69) is 51.4 Å². The van der Waals surface area contributed by atoms with Gasteiger partial charge in [0.15, 0.2) is 11.2 Å². The number of unbranched alkanes of at least 4 members (excludes halogenated alkanes) is 1. The van der Waals surface area contributed by atoms with Gasteiger partial charge < -0.3 is 0 Å². The molecule has 0 radical (unpaired) electrons. The van der Waals surface area contributed by atoms with Gasteiger partial charge in [0.2, 0.25) is 5.82 Å². The van der Waals surface area contributed by atoms with E-state index in [0.717, 1.165) is 46.6 Å². The van der Waals surface area contributed by atoms with Gasteiger partial charge in [-0.1, -0.05) is 75.7 Å². The lowest BCUT2D eigenvalue weighted by molar-refractivity contribution is 0.642. The molecule has 0 spiro atoms. The monoisotopic (exact) mass is 480 g/mol. The van der Waals surface area contributed by atoms with E-state index in [-0.39, 0.29) is 11.5 Å². The molecule has 3 heterocycles. The molecular formula is C27H28N8O. The molecule has 9 nitrogen and oxygen atoms in total. The second-order valence-electron chi connectivity index (χ2n) is 9.12. The van der Waals surface area contributed by atoms with E-state index in [1.165, 1.54) is 0 Å². The minimum atomic E-state index is -0.152. The Morgan fingerprint density at radius 3 is 2.47 bits per heavy atom. The molecular weight excluding hydrogens is 452 g/mol. The molecule has 0 atom stereocenters. The molecule has 36 heavy (non-hydrogen) atoms. The molecule has 0 amide bonds. The maximum atomic E-state index is 13.5. The van der Waals surface area contributed by atoms with Crippen LogP contribution in [0.1, 0.15) is 56.6 Å². The molecule has 1 N–H and O–H groups in total. The number of hydrogen-bond donors (Lipinski definition) is 1. The Morgan fingerprint density at radius 1 is 1.00 bits per heavy atom. The van der Waals surface area contributed by atoms with Crippen molar-refractivity contribution in [1.82, 2.24) is 40.1 Å². The Morgan fingerprint density at radius 2 is 1.78 bits per heavy atom. The molecule has 3 aromatic heterocycles. The fraction of sp³-hybridized carbons (Fsp3) is 0.296. The minimum absolute atomic E-state index is 0.152. The molecule has 0 unspecified atom stereocenters. The lowest BCUT2D eigenvalue weighted by Crippen LogP contribution is -2.27. The predicted molar refractivity (Wildman–Crippen MR) is 138 cm³/mol. The van der Waals surface area contributed by atoms with Crippen LogP contribution in [0.25, 0.3) is 33.7 Å². The Labute approximate surface area is 208 Å². The van der Waals surface area contributed by atoms with Crippen LogP contribution in [0.5, 0.6) is 0 Å². The van der Waals surface area contributed by atoms with Crippen molar-refractivity contribution in [3.63, 3.8) is 0 Å². The number of tetrazole rings is 1. The Balaban J connectivity index is 1.50. The minimum Gasteiger partial charge on any atom is -0.290 e. The van der Waals surface area contributed by atoms with Crippen LogP contribution in [-0.2, 0) is 13.0 Å². The van der Waals surface area contributed by atoms with Gasteiger partial charge in [0.05, 0.1) is 12.2 Å².